The third-order valence-electron chi connectivity index (χ3n) is 4.45. The van der Waals surface area contributed by atoms with Crippen LogP contribution in [0.15, 0.2) is 36.4 Å². The molecule has 1 aliphatic rings. The van der Waals surface area contributed by atoms with E-state index in [9.17, 15) is 18.4 Å². The largest absolute Gasteiger partial charge is 0.496 e. The third kappa shape index (κ3) is 3.66. The zero-order valence-corrected chi connectivity index (χ0v) is 14.0. The lowest BCUT2D eigenvalue weighted by atomic mass is 10.1. The van der Waals surface area contributed by atoms with Gasteiger partial charge in [-0.25, -0.2) is 13.6 Å². The van der Waals surface area contributed by atoms with Gasteiger partial charge < -0.3 is 15.2 Å². The van der Waals surface area contributed by atoms with E-state index in [1.807, 2.05) is 0 Å². The Balaban J connectivity index is 1.62. The minimum absolute atomic E-state index is 0.0337. The molecule has 2 aromatic rings. The van der Waals surface area contributed by atoms with Gasteiger partial charge in [0.15, 0.2) is 0 Å². The Morgan fingerprint density at radius 1 is 1.23 bits per heavy atom. The molecule has 1 saturated carbocycles. The molecule has 0 spiro atoms. The fourth-order valence-electron chi connectivity index (χ4n) is 2.97. The number of carboxylic acids is 1. The van der Waals surface area contributed by atoms with E-state index in [0.29, 0.717) is 12.0 Å². The Hall–Kier alpha value is -2.96. The van der Waals surface area contributed by atoms with Crippen LogP contribution in [0.1, 0.15) is 33.8 Å². The second-order valence-electron chi connectivity index (χ2n) is 6.17. The van der Waals surface area contributed by atoms with E-state index >= 15 is 0 Å². The van der Waals surface area contributed by atoms with Crippen molar-refractivity contribution in [2.24, 2.45) is 5.92 Å². The molecule has 0 heterocycles. The van der Waals surface area contributed by atoms with E-state index in [1.54, 1.807) is 12.1 Å². The average Bonchev–Trinajstić information content (AvgIpc) is 3.42. The second kappa shape index (κ2) is 7.11. The molecule has 3 rings (SSSR count). The van der Waals surface area contributed by atoms with Gasteiger partial charge in [0.1, 0.15) is 22.9 Å². The van der Waals surface area contributed by atoms with Crippen LogP contribution in [0.25, 0.3) is 0 Å². The standard InChI is InChI=1S/C19H17F2NO4/c1-26-17-6-10(2-4-12(17)19(24)25)9-22-18(23)15-8-13(15)14-7-11(20)3-5-16(14)21/h2-7,13,15H,8-9H2,1H3,(H,22,23)(H,24,25)/t13-,15-/m1/s1. The van der Waals surface area contributed by atoms with Gasteiger partial charge >= 0.3 is 5.97 Å². The van der Waals surface area contributed by atoms with Crippen LogP contribution in [0.2, 0.25) is 0 Å². The monoisotopic (exact) mass is 361 g/mol. The summed E-state index contributed by atoms with van der Waals surface area (Å²) < 4.78 is 32.1. The van der Waals surface area contributed by atoms with Crippen molar-refractivity contribution in [2.45, 2.75) is 18.9 Å². The number of halogens is 2. The Labute approximate surface area is 148 Å². The van der Waals surface area contributed by atoms with E-state index in [-0.39, 0.29) is 35.2 Å². The van der Waals surface area contributed by atoms with Crippen molar-refractivity contribution >= 4 is 11.9 Å². The summed E-state index contributed by atoms with van der Waals surface area (Å²) in [7, 11) is 1.37. The van der Waals surface area contributed by atoms with Gasteiger partial charge in [0.05, 0.1) is 7.11 Å². The number of carbonyl (C=O) groups is 2. The molecule has 0 saturated heterocycles. The van der Waals surface area contributed by atoms with Crippen LogP contribution in [0.4, 0.5) is 8.78 Å². The maximum Gasteiger partial charge on any atom is 0.339 e. The third-order valence-corrected chi connectivity index (χ3v) is 4.45. The Morgan fingerprint density at radius 3 is 2.69 bits per heavy atom. The van der Waals surface area contributed by atoms with E-state index in [4.69, 9.17) is 9.84 Å². The molecule has 0 radical (unpaired) electrons. The molecule has 0 aromatic heterocycles. The molecule has 2 aromatic carbocycles. The van der Waals surface area contributed by atoms with Gasteiger partial charge in [-0.3, -0.25) is 4.79 Å². The van der Waals surface area contributed by atoms with Crippen LogP contribution in [-0.4, -0.2) is 24.1 Å². The van der Waals surface area contributed by atoms with Gasteiger partial charge in [0, 0.05) is 12.5 Å². The topological polar surface area (TPSA) is 75.6 Å². The van der Waals surface area contributed by atoms with Gasteiger partial charge in [-0.1, -0.05) is 6.07 Å². The minimum Gasteiger partial charge on any atom is -0.496 e. The quantitative estimate of drug-likeness (QED) is 0.829. The number of carbonyl (C=O) groups excluding carboxylic acids is 1. The molecule has 2 N–H and O–H groups in total. The fourth-order valence-corrected chi connectivity index (χ4v) is 2.97. The molecule has 1 fully saturated rings. The van der Waals surface area contributed by atoms with Gasteiger partial charge in [0.25, 0.3) is 0 Å². The average molecular weight is 361 g/mol. The normalized spacial score (nSPS) is 18.3. The lowest BCUT2D eigenvalue weighted by Gasteiger charge is -2.09. The van der Waals surface area contributed by atoms with E-state index < -0.39 is 23.5 Å². The highest BCUT2D eigenvalue weighted by Crippen LogP contribution is 2.48. The van der Waals surface area contributed by atoms with Crippen molar-refractivity contribution in [3.05, 3.63) is 64.7 Å². The van der Waals surface area contributed by atoms with Crippen LogP contribution in [-0.2, 0) is 11.3 Å². The first-order chi connectivity index (χ1) is 12.4. The molecule has 1 amide bonds. The predicted molar refractivity (Wildman–Crippen MR) is 89.0 cm³/mol. The molecule has 136 valence electrons. The van der Waals surface area contributed by atoms with Crippen molar-refractivity contribution in [3.8, 4) is 5.75 Å². The highest BCUT2D eigenvalue weighted by atomic mass is 19.1. The molecule has 5 nitrogen and oxygen atoms in total. The Bertz CT molecular complexity index is 869. The lowest BCUT2D eigenvalue weighted by Crippen LogP contribution is -2.25. The zero-order chi connectivity index (χ0) is 18.8. The summed E-state index contributed by atoms with van der Waals surface area (Å²) in [4.78, 5) is 23.3. The summed E-state index contributed by atoms with van der Waals surface area (Å²) in [6.07, 6.45) is 0.466. The lowest BCUT2D eigenvalue weighted by molar-refractivity contribution is -0.122. The zero-order valence-electron chi connectivity index (χ0n) is 14.0. The Morgan fingerprint density at radius 2 is 2.00 bits per heavy atom. The number of amides is 1. The number of methoxy groups -OCH3 is 1. The first-order valence-electron chi connectivity index (χ1n) is 8.03. The maximum atomic E-state index is 13.8. The maximum absolute atomic E-state index is 13.8. The Kier molecular flexibility index (Phi) is 4.88. The summed E-state index contributed by atoms with van der Waals surface area (Å²) in [6.45, 7) is 0.184. The van der Waals surface area contributed by atoms with Crippen LogP contribution in [0.5, 0.6) is 5.75 Å². The molecule has 26 heavy (non-hydrogen) atoms. The van der Waals surface area contributed by atoms with Crippen molar-refractivity contribution in [3.63, 3.8) is 0 Å². The number of aromatic carboxylic acids is 1. The molecule has 0 aliphatic heterocycles. The van der Waals surface area contributed by atoms with Gasteiger partial charge in [-0.2, -0.15) is 0 Å². The summed E-state index contributed by atoms with van der Waals surface area (Å²) in [5.74, 6) is -2.91. The van der Waals surface area contributed by atoms with Gasteiger partial charge in [-0.15, -0.1) is 0 Å². The summed E-state index contributed by atoms with van der Waals surface area (Å²) >= 11 is 0. The van der Waals surface area contributed by atoms with E-state index in [2.05, 4.69) is 5.32 Å². The predicted octanol–water partition coefficient (Wildman–Crippen LogP) is 3.09. The number of rotatable bonds is 6. The molecule has 1 aliphatic carbocycles. The number of carboxylic acid groups (broad SMARTS) is 1. The molecule has 7 heteroatoms. The number of benzene rings is 2. The highest BCUT2D eigenvalue weighted by molar-refractivity contribution is 5.91. The number of nitrogens with one attached hydrogen (secondary N) is 1. The van der Waals surface area contributed by atoms with Gasteiger partial charge in [-0.05, 0) is 53.8 Å². The SMILES string of the molecule is COc1cc(CNC(=O)[C@@H]2C[C@@H]2c2cc(F)ccc2F)ccc1C(=O)O. The van der Waals surface area contributed by atoms with Crippen molar-refractivity contribution < 1.29 is 28.2 Å². The molecular formula is C19H17F2NO4. The van der Waals surface area contributed by atoms with Crippen molar-refractivity contribution in [1.82, 2.24) is 5.32 Å². The highest BCUT2D eigenvalue weighted by Gasteiger charge is 2.45. The van der Waals surface area contributed by atoms with Gasteiger partial charge in [0.2, 0.25) is 5.91 Å². The van der Waals surface area contributed by atoms with Crippen molar-refractivity contribution in [1.29, 1.82) is 0 Å². The number of hydrogen-bond donors (Lipinski definition) is 2. The summed E-state index contributed by atoms with van der Waals surface area (Å²) in [5, 5.41) is 11.8. The first kappa shape index (κ1) is 17.8. The smallest absolute Gasteiger partial charge is 0.339 e. The fraction of sp³-hybridized carbons (Fsp3) is 0.263. The first-order valence-corrected chi connectivity index (χ1v) is 8.03. The van der Waals surface area contributed by atoms with Crippen LogP contribution in [0, 0.1) is 17.6 Å². The van der Waals surface area contributed by atoms with Crippen LogP contribution >= 0.6 is 0 Å². The molecule has 0 bridgehead atoms. The molecule has 0 unspecified atom stereocenters. The van der Waals surface area contributed by atoms with Crippen LogP contribution < -0.4 is 10.1 Å². The molecular weight excluding hydrogens is 344 g/mol. The minimum atomic E-state index is -1.10. The van der Waals surface area contributed by atoms with E-state index in [0.717, 1.165) is 18.2 Å². The van der Waals surface area contributed by atoms with Crippen LogP contribution in [0.3, 0.4) is 0 Å². The summed E-state index contributed by atoms with van der Waals surface area (Å²) in [6, 6.07) is 7.77. The van der Waals surface area contributed by atoms with Crippen molar-refractivity contribution in [2.75, 3.05) is 7.11 Å². The second-order valence-corrected chi connectivity index (χ2v) is 6.17. The number of ether oxygens (including phenoxy) is 1. The summed E-state index contributed by atoms with van der Waals surface area (Å²) in [5.41, 5.74) is 0.929. The molecule has 2 atom stereocenters. The number of hydrogen-bond acceptors (Lipinski definition) is 3. The van der Waals surface area contributed by atoms with E-state index in [1.165, 1.54) is 13.2 Å².